The molecular formula is C9H14IN3O. The van der Waals surface area contributed by atoms with Crippen molar-refractivity contribution in [3.05, 3.63) is 16.0 Å². The molecule has 1 saturated heterocycles. The molecule has 0 N–H and O–H groups in total. The number of hydrogen-bond donors (Lipinski definition) is 0. The van der Waals surface area contributed by atoms with Crippen LogP contribution < -0.4 is 0 Å². The summed E-state index contributed by atoms with van der Waals surface area (Å²) in [5, 5.41) is 4.25. The molecule has 1 aliphatic heterocycles. The Morgan fingerprint density at radius 2 is 2.14 bits per heavy atom. The highest BCUT2D eigenvalue weighted by Crippen LogP contribution is 2.02. The normalized spacial score (nSPS) is 18.6. The van der Waals surface area contributed by atoms with Crippen molar-refractivity contribution in [3.8, 4) is 0 Å². The Kier molecular flexibility index (Phi) is 3.77. The van der Waals surface area contributed by atoms with Gasteiger partial charge in [-0.1, -0.05) is 0 Å². The van der Waals surface area contributed by atoms with E-state index < -0.39 is 0 Å². The van der Waals surface area contributed by atoms with Gasteiger partial charge in [-0.25, -0.2) is 0 Å². The largest absolute Gasteiger partial charge is 0.379 e. The van der Waals surface area contributed by atoms with Crippen LogP contribution in [0.1, 0.15) is 0 Å². The van der Waals surface area contributed by atoms with Crippen LogP contribution in [0.25, 0.3) is 0 Å². The Morgan fingerprint density at radius 3 is 2.79 bits per heavy atom. The molecule has 0 saturated carbocycles. The zero-order chi connectivity index (χ0) is 9.80. The number of nitrogens with zero attached hydrogens (tertiary/aromatic N) is 3. The smallest absolute Gasteiger partial charge is 0.0623 e. The number of halogens is 1. The van der Waals surface area contributed by atoms with E-state index in [2.05, 4.69) is 38.8 Å². The van der Waals surface area contributed by atoms with Gasteiger partial charge in [-0.05, 0) is 22.6 Å². The quantitative estimate of drug-likeness (QED) is 0.775. The Labute approximate surface area is 97.4 Å². The summed E-state index contributed by atoms with van der Waals surface area (Å²) in [5.74, 6) is 0. The van der Waals surface area contributed by atoms with Gasteiger partial charge in [0.25, 0.3) is 0 Å². The summed E-state index contributed by atoms with van der Waals surface area (Å²) in [5.41, 5.74) is 0. The monoisotopic (exact) mass is 307 g/mol. The van der Waals surface area contributed by atoms with Crippen molar-refractivity contribution in [2.75, 3.05) is 32.8 Å². The summed E-state index contributed by atoms with van der Waals surface area (Å²) in [6, 6.07) is 0. The molecule has 4 nitrogen and oxygen atoms in total. The minimum Gasteiger partial charge on any atom is -0.379 e. The van der Waals surface area contributed by atoms with E-state index in [9.17, 15) is 0 Å². The fourth-order valence-electron chi connectivity index (χ4n) is 1.53. The molecule has 78 valence electrons. The number of rotatable bonds is 3. The third-order valence-electron chi connectivity index (χ3n) is 2.35. The van der Waals surface area contributed by atoms with Crippen LogP contribution in [0.3, 0.4) is 0 Å². The Hall–Kier alpha value is -0.140. The summed E-state index contributed by atoms with van der Waals surface area (Å²) in [6.45, 7) is 5.90. The van der Waals surface area contributed by atoms with Crippen LogP contribution in [-0.2, 0) is 11.3 Å². The fraction of sp³-hybridized carbons (Fsp3) is 0.667. The maximum Gasteiger partial charge on any atom is 0.0623 e. The minimum atomic E-state index is 0.872. The molecule has 1 aromatic heterocycles. The average molecular weight is 307 g/mol. The van der Waals surface area contributed by atoms with Crippen molar-refractivity contribution >= 4 is 22.6 Å². The van der Waals surface area contributed by atoms with Crippen molar-refractivity contribution in [1.29, 1.82) is 0 Å². The molecule has 2 heterocycles. The van der Waals surface area contributed by atoms with E-state index >= 15 is 0 Å². The van der Waals surface area contributed by atoms with E-state index in [1.165, 1.54) is 3.57 Å². The predicted octanol–water partition coefficient (Wildman–Crippen LogP) is 0.820. The summed E-state index contributed by atoms with van der Waals surface area (Å²) in [4.78, 5) is 2.41. The van der Waals surface area contributed by atoms with Gasteiger partial charge >= 0.3 is 0 Å². The lowest BCUT2D eigenvalue weighted by Gasteiger charge is -2.26. The second kappa shape index (κ2) is 5.09. The van der Waals surface area contributed by atoms with Crippen LogP contribution in [0.4, 0.5) is 0 Å². The van der Waals surface area contributed by atoms with Gasteiger partial charge in [-0.15, -0.1) is 0 Å². The van der Waals surface area contributed by atoms with Gasteiger partial charge in [0.2, 0.25) is 0 Å². The number of aromatic nitrogens is 2. The molecule has 1 fully saturated rings. The maximum absolute atomic E-state index is 5.29. The highest BCUT2D eigenvalue weighted by atomic mass is 127. The van der Waals surface area contributed by atoms with Crippen LogP contribution in [0.5, 0.6) is 0 Å². The first kappa shape index (κ1) is 10.4. The molecule has 5 heteroatoms. The van der Waals surface area contributed by atoms with Gasteiger partial charge in [-0.3, -0.25) is 9.58 Å². The SMILES string of the molecule is Ic1cnn(CCN2CCOCC2)c1. The van der Waals surface area contributed by atoms with E-state index in [0.29, 0.717) is 0 Å². The van der Waals surface area contributed by atoms with Crippen molar-refractivity contribution in [1.82, 2.24) is 14.7 Å². The summed E-state index contributed by atoms with van der Waals surface area (Å²) in [6.07, 6.45) is 3.96. The van der Waals surface area contributed by atoms with Gasteiger partial charge in [-0.2, -0.15) is 5.10 Å². The van der Waals surface area contributed by atoms with E-state index in [1.54, 1.807) is 0 Å². The zero-order valence-corrected chi connectivity index (χ0v) is 10.2. The maximum atomic E-state index is 5.29. The Balaban J connectivity index is 1.76. The molecule has 0 amide bonds. The molecule has 0 radical (unpaired) electrons. The molecule has 0 aliphatic carbocycles. The number of morpholine rings is 1. The third kappa shape index (κ3) is 2.93. The van der Waals surface area contributed by atoms with Crippen molar-refractivity contribution in [3.63, 3.8) is 0 Å². The van der Waals surface area contributed by atoms with Gasteiger partial charge in [0.15, 0.2) is 0 Å². The van der Waals surface area contributed by atoms with E-state index in [1.807, 2.05) is 10.9 Å². The lowest BCUT2D eigenvalue weighted by Crippen LogP contribution is -2.38. The first-order chi connectivity index (χ1) is 6.84. The third-order valence-corrected chi connectivity index (χ3v) is 2.91. The molecule has 0 atom stereocenters. The molecule has 0 aromatic carbocycles. The van der Waals surface area contributed by atoms with Gasteiger partial charge in [0.05, 0.1) is 29.5 Å². The molecule has 0 bridgehead atoms. The first-order valence-electron chi connectivity index (χ1n) is 4.82. The fourth-order valence-corrected chi connectivity index (χ4v) is 1.98. The van der Waals surface area contributed by atoms with Crippen molar-refractivity contribution < 1.29 is 4.74 Å². The lowest BCUT2D eigenvalue weighted by atomic mass is 10.4. The van der Waals surface area contributed by atoms with Crippen LogP contribution >= 0.6 is 22.6 Å². The van der Waals surface area contributed by atoms with E-state index in [0.717, 1.165) is 39.4 Å². The lowest BCUT2D eigenvalue weighted by molar-refractivity contribution is 0.0359. The molecule has 0 unspecified atom stereocenters. The second-order valence-corrected chi connectivity index (χ2v) is 4.62. The highest BCUT2D eigenvalue weighted by Gasteiger charge is 2.09. The van der Waals surface area contributed by atoms with Crippen LogP contribution in [-0.4, -0.2) is 47.5 Å². The topological polar surface area (TPSA) is 30.3 Å². The Bertz CT molecular complexity index is 283. The molecule has 0 spiro atoms. The zero-order valence-electron chi connectivity index (χ0n) is 8.03. The van der Waals surface area contributed by atoms with Crippen LogP contribution in [0.15, 0.2) is 12.4 Å². The highest BCUT2D eigenvalue weighted by molar-refractivity contribution is 14.1. The van der Waals surface area contributed by atoms with E-state index in [-0.39, 0.29) is 0 Å². The van der Waals surface area contributed by atoms with Crippen molar-refractivity contribution in [2.45, 2.75) is 6.54 Å². The average Bonchev–Trinajstić information content (AvgIpc) is 2.63. The molecular weight excluding hydrogens is 293 g/mol. The van der Waals surface area contributed by atoms with Gasteiger partial charge in [0.1, 0.15) is 0 Å². The Morgan fingerprint density at radius 1 is 1.36 bits per heavy atom. The number of hydrogen-bond acceptors (Lipinski definition) is 3. The summed E-state index contributed by atoms with van der Waals surface area (Å²) >= 11 is 2.28. The number of ether oxygens (including phenoxy) is 1. The molecule has 1 aromatic rings. The van der Waals surface area contributed by atoms with Gasteiger partial charge in [0, 0.05) is 25.8 Å². The molecule has 2 rings (SSSR count). The first-order valence-corrected chi connectivity index (χ1v) is 5.90. The van der Waals surface area contributed by atoms with Crippen LogP contribution in [0, 0.1) is 3.57 Å². The van der Waals surface area contributed by atoms with E-state index in [4.69, 9.17) is 4.74 Å². The second-order valence-electron chi connectivity index (χ2n) is 3.38. The predicted molar refractivity (Wildman–Crippen MR) is 62.2 cm³/mol. The molecule has 1 aliphatic rings. The molecule has 14 heavy (non-hydrogen) atoms. The minimum absolute atomic E-state index is 0.872. The summed E-state index contributed by atoms with van der Waals surface area (Å²) < 4.78 is 8.49. The van der Waals surface area contributed by atoms with Crippen LogP contribution in [0.2, 0.25) is 0 Å². The standard InChI is InChI=1S/C9H14IN3O/c10-9-7-11-13(8-9)2-1-12-3-5-14-6-4-12/h7-8H,1-6H2. The van der Waals surface area contributed by atoms with Crippen molar-refractivity contribution in [2.24, 2.45) is 0 Å². The van der Waals surface area contributed by atoms with Gasteiger partial charge < -0.3 is 4.74 Å². The summed E-state index contributed by atoms with van der Waals surface area (Å²) in [7, 11) is 0.